The minimum Gasteiger partial charge on any atom is -1.00 e. The van der Waals surface area contributed by atoms with Gasteiger partial charge in [0.15, 0.2) is 0 Å². The van der Waals surface area contributed by atoms with Crippen LogP contribution in [0.3, 0.4) is 0 Å². The molecule has 4 heteroatoms. The van der Waals surface area contributed by atoms with E-state index >= 15 is 0 Å². The van der Waals surface area contributed by atoms with Crippen LogP contribution >= 0.6 is 11.6 Å². The van der Waals surface area contributed by atoms with E-state index in [0.29, 0.717) is 6.61 Å². The first-order chi connectivity index (χ1) is 4.33. The Bertz CT molecular complexity index is 87.7. The zero-order valence-corrected chi connectivity index (χ0v) is 7.40. The van der Waals surface area contributed by atoms with Gasteiger partial charge in [0.2, 0.25) is 0 Å². The summed E-state index contributed by atoms with van der Waals surface area (Å²) in [4.78, 5) is 0. The Hall–Kier alpha value is 0.500. The quantitative estimate of drug-likeness (QED) is 0.283. The van der Waals surface area contributed by atoms with Gasteiger partial charge in [0.05, 0.1) is 19.0 Å². The van der Waals surface area contributed by atoms with Crippen molar-refractivity contribution in [3.63, 3.8) is 0 Å². The Balaban J connectivity index is 0.000000810. The molecule has 0 saturated carbocycles. The molecule has 10 heavy (non-hydrogen) atoms. The predicted octanol–water partition coefficient (Wildman–Crippen LogP) is -2.95. The fraction of sp³-hybridized carbons (Fsp3) is 1.00. The third-order valence-electron chi connectivity index (χ3n) is 1.99. The lowest BCUT2D eigenvalue weighted by atomic mass is 10.5. The van der Waals surface area contributed by atoms with Crippen LogP contribution in [0.15, 0.2) is 0 Å². The number of alkyl halides is 1. The molecule has 1 N–H and O–H groups in total. The van der Waals surface area contributed by atoms with E-state index in [4.69, 9.17) is 16.7 Å². The van der Waals surface area contributed by atoms with E-state index in [2.05, 4.69) is 0 Å². The molecule has 1 aliphatic heterocycles. The van der Waals surface area contributed by atoms with E-state index < -0.39 is 0 Å². The largest absolute Gasteiger partial charge is 1.00 e. The van der Waals surface area contributed by atoms with Gasteiger partial charge in [-0.15, -0.1) is 11.6 Å². The molecule has 1 rings (SSSR count). The van der Waals surface area contributed by atoms with Crippen molar-refractivity contribution < 1.29 is 22.0 Å². The maximum atomic E-state index is 8.61. The fourth-order valence-corrected chi connectivity index (χ4v) is 1.45. The summed E-state index contributed by atoms with van der Waals surface area (Å²) in [6.45, 7) is 4.66. The van der Waals surface area contributed by atoms with Crippen molar-refractivity contribution in [3.8, 4) is 0 Å². The van der Waals surface area contributed by atoms with Crippen LogP contribution in [-0.2, 0) is 0 Å². The zero-order valence-electron chi connectivity index (χ0n) is 5.89. The monoisotopic (exact) mass is 185 g/mol. The number of nitrogens with zero attached hydrogens (tertiary/aromatic N) is 1. The molecular weight excluding hydrogens is 173 g/mol. The van der Waals surface area contributed by atoms with Gasteiger partial charge in [0, 0.05) is 0 Å². The number of aliphatic hydroxyl groups is 1. The highest BCUT2D eigenvalue weighted by Gasteiger charge is 2.40. The van der Waals surface area contributed by atoms with E-state index in [-0.39, 0.29) is 12.4 Å². The number of hydrogen-bond acceptors (Lipinski definition) is 1. The summed E-state index contributed by atoms with van der Waals surface area (Å²) in [7, 11) is 0. The molecule has 0 radical (unpaired) electrons. The summed E-state index contributed by atoms with van der Waals surface area (Å²) >= 11 is 5.56. The second-order valence-electron chi connectivity index (χ2n) is 2.65. The molecule has 0 aromatic heterocycles. The minimum absolute atomic E-state index is 0. The van der Waals surface area contributed by atoms with Crippen molar-refractivity contribution in [1.29, 1.82) is 0 Å². The Morgan fingerprint density at radius 1 is 1.30 bits per heavy atom. The van der Waals surface area contributed by atoms with Crippen molar-refractivity contribution in [2.75, 3.05) is 38.7 Å². The SMILES string of the molecule is OCC[N+]1(CCCl)CC1.[Cl-]. The second-order valence-corrected chi connectivity index (χ2v) is 3.03. The maximum absolute atomic E-state index is 8.61. The lowest BCUT2D eigenvalue weighted by Gasteiger charge is -2.14. The van der Waals surface area contributed by atoms with E-state index in [1.807, 2.05) is 0 Å². The van der Waals surface area contributed by atoms with Crippen LogP contribution in [-0.4, -0.2) is 48.3 Å². The number of rotatable bonds is 4. The van der Waals surface area contributed by atoms with Gasteiger partial charge >= 0.3 is 0 Å². The topological polar surface area (TPSA) is 20.2 Å². The average molecular weight is 186 g/mol. The molecular formula is C6H13Cl2NO. The number of halogens is 2. The van der Waals surface area contributed by atoms with Crippen LogP contribution in [0.1, 0.15) is 0 Å². The van der Waals surface area contributed by atoms with Crippen LogP contribution in [0.5, 0.6) is 0 Å². The minimum atomic E-state index is 0. The van der Waals surface area contributed by atoms with E-state index in [1.165, 1.54) is 13.1 Å². The Morgan fingerprint density at radius 3 is 2.20 bits per heavy atom. The van der Waals surface area contributed by atoms with Crippen molar-refractivity contribution in [2.45, 2.75) is 0 Å². The molecule has 1 saturated heterocycles. The Kier molecular flexibility index (Phi) is 4.61. The van der Waals surface area contributed by atoms with Gasteiger partial charge in [-0.1, -0.05) is 0 Å². The molecule has 1 aliphatic rings. The summed E-state index contributed by atoms with van der Waals surface area (Å²) in [6, 6.07) is 0. The van der Waals surface area contributed by atoms with Gasteiger partial charge < -0.3 is 22.0 Å². The highest BCUT2D eigenvalue weighted by molar-refractivity contribution is 6.17. The van der Waals surface area contributed by atoms with Crippen LogP contribution in [0.25, 0.3) is 0 Å². The lowest BCUT2D eigenvalue weighted by molar-refractivity contribution is -0.797. The summed E-state index contributed by atoms with van der Waals surface area (Å²) < 4.78 is 1.06. The predicted molar refractivity (Wildman–Crippen MR) is 37.5 cm³/mol. The third kappa shape index (κ3) is 2.62. The molecule has 0 amide bonds. The normalized spacial score (nSPS) is 19.8. The first kappa shape index (κ1) is 10.5. The smallest absolute Gasteiger partial charge is 0.129 e. The van der Waals surface area contributed by atoms with Crippen molar-refractivity contribution >= 4 is 11.6 Å². The molecule has 0 aromatic carbocycles. The third-order valence-corrected chi connectivity index (χ3v) is 2.16. The molecule has 0 spiro atoms. The average Bonchev–Trinajstić information content (AvgIpc) is 2.51. The molecule has 0 unspecified atom stereocenters. The molecule has 0 bridgehead atoms. The van der Waals surface area contributed by atoms with Gasteiger partial charge in [0.25, 0.3) is 0 Å². The van der Waals surface area contributed by atoms with Crippen LogP contribution in [0.2, 0.25) is 0 Å². The first-order valence-electron chi connectivity index (χ1n) is 3.35. The lowest BCUT2D eigenvalue weighted by Crippen LogP contribution is -3.00. The standard InChI is InChI=1S/C6H13ClNO.ClH/c7-1-2-8(3-4-8)5-6-9;/h9H,1-6H2;1H/q+1;/p-1. The molecule has 0 atom stereocenters. The van der Waals surface area contributed by atoms with Gasteiger partial charge in [-0.3, -0.25) is 0 Å². The van der Waals surface area contributed by atoms with Gasteiger partial charge in [0.1, 0.15) is 19.6 Å². The Morgan fingerprint density at radius 2 is 1.90 bits per heavy atom. The van der Waals surface area contributed by atoms with Crippen LogP contribution < -0.4 is 12.4 Å². The number of quaternary nitrogens is 1. The summed E-state index contributed by atoms with van der Waals surface area (Å²) in [5.74, 6) is 0.722. The molecule has 2 nitrogen and oxygen atoms in total. The van der Waals surface area contributed by atoms with E-state index in [1.54, 1.807) is 0 Å². The Labute approximate surface area is 72.8 Å². The van der Waals surface area contributed by atoms with E-state index in [9.17, 15) is 0 Å². The van der Waals surface area contributed by atoms with Crippen LogP contribution in [0.4, 0.5) is 0 Å². The zero-order chi connectivity index (χ0) is 6.74. The second kappa shape index (κ2) is 4.39. The molecule has 0 aromatic rings. The maximum Gasteiger partial charge on any atom is 0.129 e. The van der Waals surface area contributed by atoms with Gasteiger partial charge in [-0.05, 0) is 0 Å². The first-order valence-corrected chi connectivity index (χ1v) is 3.88. The van der Waals surface area contributed by atoms with Gasteiger partial charge in [-0.2, -0.15) is 0 Å². The number of hydrogen-bond donors (Lipinski definition) is 1. The summed E-state index contributed by atoms with van der Waals surface area (Å²) in [5, 5.41) is 8.61. The molecule has 62 valence electrons. The van der Waals surface area contributed by atoms with Crippen molar-refractivity contribution in [1.82, 2.24) is 0 Å². The summed E-state index contributed by atoms with van der Waals surface area (Å²) in [6.07, 6.45) is 0. The van der Waals surface area contributed by atoms with Crippen molar-refractivity contribution in [3.05, 3.63) is 0 Å². The van der Waals surface area contributed by atoms with Crippen LogP contribution in [0, 0.1) is 0 Å². The van der Waals surface area contributed by atoms with Gasteiger partial charge in [-0.25, -0.2) is 0 Å². The highest BCUT2D eigenvalue weighted by Crippen LogP contribution is 2.19. The molecule has 0 aliphatic carbocycles. The van der Waals surface area contributed by atoms with Crippen molar-refractivity contribution in [2.24, 2.45) is 0 Å². The fourth-order valence-electron chi connectivity index (χ4n) is 1.09. The number of aliphatic hydroxyl groups excluding tert-OH is 1. The molecule has 1 heterocycles. The van der Waals surface area contributed by atoms with E-state index in [0.717, 1.165) is 23.5 Å². The summed E-state index contributed by atoms with van der Waals surface area (Å²) in [5.41, 5.74) is 0. The molecule has 1 fully saturated rings. The highest BCUT2D eigenvalue weighted by atomic mass is 35.5.